The van der Waals surface area contributed by atoms with Crippen LogP contribution in [-0.2, 0) is 16.1 Å². The minimum Gasteiger partial charge on any atom is -0.497 e. The second-order valence-corrected chi connectivity index (χ2v) is 5.91. The van der Waals surface area contributed by atoms with Crippen molar-refractivity contribution in [2.45, 2.75) is 26.5 Å². The lowest BCUT2D eigenvalue weighted by Gasteiger charge is -2.15. The van der Waals surface area contributed by atoms with Gasteiger partial charge in [0.05, 0.1) is 26.4 Å². The van der Waals surface area contributed by atoms with Gasteiger partial charge in [0, 0.05) is 6.54 Å². The molecule has 0 aromatic heterocycles. The molecule has 0 spiro atoms. The number of methoxy groups -OCH3 is 2. The van der Waals surface area contributed by atoms with Crippen LogP contribution in [0.4, 0.5) is 0 Å². The Bertz CT molecular complexity index is 803. The topological polar surface area (TPSA) is 83.1 Å². The van der Waals surface area contributed by atoms with Crippen LogP contribution in [0.25, 0.3) is 0 Å². The molecule has 0 aliphatic heterocycles. The molecule has 150 valence electrons. The molecular weight excluding hydrogens is 362 g/mol. The van der Waals surface area contributed by atoms with Crippen molar-refractivity contribution < 1.29 is 28.5 Å². The molecule has 2 aromatic rings. The first-order valence-corrected chi connectivity index (χ1v) is 8.91. The zero-order valence-electron chi connectivity index (χ0n) is 16.5. The molecule has 0 unspecified atom stereocenters. The van der Waals surface area contributed by atoms with Crippen LogP contribution >= 0.6 is 0 Å². The lowest BCUT2D eigenvalue weighted by Crippen LogP contribution is -2.35. The van der Waals surface area contributed by atoms with Crippen molar-refractivity contribution in [3.8, 4) is 17.2 Å². The summed E-state index contributed by atoms with van der Waals surface area (Å²) in [5.41, 5.74) is 1.18. The number of amides is 1. The average Bonchev–Trinajstić information content (AvgIpc) is 2.72. The summed E-state index contributed by atoms with van der Waals surface area (Å²) in [6.07, 6.45) is -0.941. The van der Waals surface area contributed by atoms with Gasteiger partial charge in [-0.1, -0.05) is 12.1 Å². The second kappa shape index (κ2) is 10.2. The molecule has 0 saturated heterocycles. The van der Waals surface area contributed by atoms with E-state index in [0.717, 1.165) is 11.3 Å². The fourth-order valence-corrected chi connectivity index (χ4v) is 2.43. The number of carbonyl (C=O) groups excluding carboxylic acids is 2. The highest BCUT2D eigenvalue weighted by molar-refractivity contribution is 5.92. The number of hydrogen-bond donors (Lipinski definition) is 1. The molecule has 1 N–H and O–H groups in total. The van der Waals surface area contributed by atoms with Gasteiger partial charge in [-0.05, 0) is 49.7 Å². The van der Waals surface area contributed by atoms with Crippen LogP contribution in [0.5, 0.6) is 17.2 Å². The summed E-state index contributed by atoms with van der Waals surface area (Å²) < 4.78 is 21.0. The molecule has 0 radical (unpaired) electrons. The summed E-state index contributed by atoms with van der Waals surface area (Å²) in [5, 5.41) is 2.74. The second-order valence-electron chi connectivity index (χ2n) is 5.91. The number of benzene rings is 2. The van der Waals surface area contributed by atoms with Gasteiger partial charge in [-0.15, -0.1) is 0 Å². The summed E-state index contributed by atoms with van der Waals surface area (Å²) in [4.78, 5) is 24.5. The maximum absolute atomic E-state index is 12.3. The molecule has 0 fully saturated rings. The van der Waals surface area contributed by atoms with Gasteiger partial charge in [-0.25, -0.2) is 4.79 Å². The van der Waals surface area contributed by atoms with E-state index >= 15 is 0 Å². The molecule has 2 rings (SSSR count). The molecule has 0 aliphatic carbocycles. The molecule has 1 amide bonds. The van der Waals surface area contributed by atoms with Crippen LogP contribution in [0.3, 0.4) is 0 Å². The zero-order valence-corrected chi connectivity index (χ0v) is 16.5. The van der Waals surface area contributed by atoms with Gasteiger partial charge in [0.25, 0.3) is 5.91 Å². The number of esters is 1. The lowest BCUT2D eigenvalue weighted by atomic mass is 10.2. The van der Waals surface area contributed by atoms with Gasteiger partial charge in [0.1, 0.15) is 5.75 Å². The highest BCUT2D eigenvalue weighted by atomic mass is 16.5. The van der Waals surface area contributed by atoms with E-state index in [2.05, 4.69) is 5.32 Å². The third kappa shape index (κ3) is 5.64. The Morgan fingerprint density at radius 1 is 1.00 bits per heavy atom. The SMILES string of the molecule is CCOc1ccc(C(=O)O[C@@H](C)C(=O)NCc2ccc(OC)cc2)cc1OC. The third-order valence-electron chi connectivity index (χ3n) is 3.98. The third-order valence-corrected chi connectivity index (χ3v) is 3.98. The van der Waals surface area contributed by atoms with Gasteiger partial charge in [-0.3, -0.25) is 4.79 Å². The molecule has 7 nitrogen and oxygen atoms in total. The number of rotatable bonds is 9. The summed E-state index contributed by atoms with van der Waals surface area (Å²) >= 11 is 0. The van der Waals surface area contributed by atoms with Crippen molar-refractivity contribution in [1.29, 1.82) is 0 Å². The molecule has 1 atom stereocenters. The van der Waals surface area contributed by atoms with E-state index in [1.807, 2.05) is 31.2 Å². The molecule has 2 aromatic carbocycles. The van der Waals surface area contributed by atoms with Crippen LogP contribution in [0.1, 0.15) is 29.8 Å². The number of nitrogens with one attached hydrogen (secondary N) is 1. The van der Waals surface area contributed by atoms with Crippen molar-refractivity contribution in [3.63, 3.8) is 0 Å². The molecule has 0 heterocycles. The van der Waals surface area contributed by atoms with E-state index in [1.54, 1.807) is 19.2 Å². The number of carbonyl (C=O) groups is 2. The number of hydrogen-bond acceptors (Lipinski definition) is 6. The van der Waals surface area contributed by atoms with Gasteiger partial charge in [-0.2, -0.15) is 0 Å². The smallest absolute Gasteiger partial charge is 0.339 e. The van der Waals surface area contributed by atoms with E-state index in [4.69, 9.17) is 18.9 Å². The Hall–Kier alpha value is -3.22. The predicted octanol–water partition coefficient (Wildman–Crippen LogP) is 2.96. The van der Waals surface area contributed by atoms with Gasteiger partial charge in [0.15, 0.2) is 17.6 Å². The Balaban J connectivity index is 1.92. The van der Waals surface area contributed by atoms with Crippen LogP contribution < -0.4 is 19.5 Å². The molecule has 28 heavy (non-hydrogen) atoms. The van der Waals surface area contributed by atoms with E-state index in [1.165, 1.54) is 20.1 Å². The van der Waals surface area contributed by atoms with Crippen LogP contribution in [0.2, 0.25) is 0 Å². The van der Waals surface area contributed by atoms with E-state index in [9.17, 15) is 9.59 Å². The van der Waals surface area contributed by atoms with Crippen molar-refractivity contribution in [2.24, 2.45) is 0 Å². The maximum atomic E-state index is 12.3. The summed E-state index contributed by atoms with van der Waals surface area (Å²) in [6.45, 7) is 4.17. The van der Waals surface area contributed by atoms with Gasteiger partial charge in [0.2, 0.25) is 0 Å². The van der Waals surface area contributed by atoms with Crippen molar-refractivity contribution in [1.82, 2.24) is 5.32 Å². The Kier molecular flexibility index (Phi) is 7.68. The minimum atomic E-state index is -0.941. The first-order chi connectivity index (χ1) is 13.5. The van der Waals surface area contributed by atoms with Crippen LogP contribution in [-0.4, -0.2) is 38.8 Å². The Labute approximate surface area is 164 Å². The summed E-state index contributed by atoms with van der Waals surface area (Å²) in [6, 6.07) is 12.0. The van der Waals surface area contributed by atoms with Crippen LogP contribution in [0, 0.1) is 0 Å². The fourth-order valence-electron chi connectivity index (χ4n) is 2.43. The van der Waals surface area contributed by atoms with E-state index in [0.29, 0.717) is 24.7 Å². The largest absolute Gasteiger partial charge is 0.497 e. The standard InChI is InChI=1S/C21H25NO6/c1-5-27-18-11-8-16(12-19(18)26-4)21(24)28-14(2)20(23)22-13-15-6-9-17(25-3)10-7-15/h6-12,14H,5,13H2,1-4H3,(H,22,23)/t14-/m0/s1. The number of ether oxygens (including phenoxy) is 4. The van der Waals surface area contributed by atoms with Crippen molar-refractivity contribution in [3.05, 3.63) is 53.6 Å². The Morgan fingerprint density at radius 2 is 1.71 bits per heavy atom. The lowest BCUT2D eigenvalue weighted by molar-refractivity contribution is -0.129. The highest BCUT2D eigenvalue weighted by Crippen LogP contribution is 2.28. The Morgan fingerprint density at radius 3 is 2.32 bits per heavy atom. The van der Waals surface area contributed by atoms with Crippen molar-refractivity contribution >= 4 is 11.9 Å². The maximum Gasteiger partial charge on any atom is 0.339 e. The molecule has 0 aliphatic rings. The molecular formula is C21H25NO6. The normalized spacial score (nSPS) is 11.3. The molecule has 0 bridgehead atoms. The first-order valence-electron chi connectivity index (χ1n) is 8.91. The van der Waals surface area contributed by atoms with E-state index in [-0.39, 0.29) is 11.5 Å². The fraction of sp³-hybridized carbons (Fsp3) is 0.333. The summed E-state index contributed by atoms with van der Waals surface area (Å²) in [7, 11) is 3.08. The van der Waals surface area contributed by atoms with Crippen molar-refractivity contribution in [2.75, 3.05) is 20.8 Å². The van der Waals surface area contributed by atoms with Gasteiger partial charge < -0.3 is 24.3 Å². The molecule has 0 saturated carbocycles. The predicted molar refractivity (Wildman–Crippen MR) is 104 cm³/mol. The highest BCUT2D eigenvalue weighted by Gasteiger charge is 2.20. The monoisotopic (exact) mass is 387 g/mol. The van der Waals surface area contributed by atoms with Crippen LogP contribution in [0.15, 0.2) is 42.5 Å². The average molecular weight is 387 g/mol. The molecule has 7 heteroatoms. The summed E-state index contributed by atoms with van der Waals surface area (Å²) in [5.74, 6) is 0.693. The quantitative estimate of drug-likeness (QED) is 0.666. The van der Waals surface area contributed by atoms with Gasteiger partial charge >= 0.3 is 5.97 Å². The minimum absolute atomic E-state index is 0.273. The zero-order chi connectivity index (χ0) is 20.5. The van der Waals surface area contributed by atoms with E-state index < -0.39 is 12.1 Å². The first kappa shape index (κ1) is 21.1.